The fraction of sp³-hybridized carbons (Fsp3) is 0.613. The normalized spacial score (nSPS) is 17.0. The lowest BCUT2D eigenvalue weighted by Crippen LogP contribution is -2.61. The van der Waals surface area contributed by atoms with Crippen LogP contribution in [0.5, 0.6) is 0 Å². The van der Waals surface area contributed by atoms with Gasteiger partial charge in [0.05, 0.1) is 31.2 Å². The number of guanidine groups is 3. The molecule has 1 aromatic heterocycles. The number of primary amides is 1. The highest BCUT2D eigenvalue weighted by atomic mass is 32.2. The number of thioether (sulfide) groups is 1. The topological polar surface area (TPSA) is 832 Å². The van der Waals surface area contributed by atoms with Gasteiger partial charge in [-0.1, -0.05) is 80.9 Å². The summed E-state index contributed by atoms with van der Waals surface area (Å²) in [5, 5.41) is 86.0. The Morgan fingerprint density at radius 2 is 0.821 bits per heavy atom. The minimum Gasteiger partial charge on any atom is -0.480 e. The second-order valence-corrected chi connectivity index (χ2v) is 37.4. The summed E-state index contributed by atoms with van der Waals surface area (Å²) in [6, 6.07) is -4.90. The number of rotatable bonds is 65. The Labute approximate surface area is 846 Å². The minimum atomic E-state index is -1.86. The van der Waals surface area contributed by atoms with Crippen LogP contribution in [0.1, 0.15) is 179 Å². The zero-order valence-corrected chi connectivity index (χ0v) is 83.5. The van der Waals surface area contributed by atoms with Crippen molar-refractivity contribution in [2.24, 2.45) is 46.1 Å². The molecular formula is C93H149N31O20S. The molecule has 17 amide bonds. The van der Waals surface area contributed by atoms with Crippen molar-refractivity contribution in [3.05, 3.63) is 90.0 Å². The highest BCUT2D eigenvalue weighted by Gasteiger charge is 2.45. The van der Waals surface area contributed by atoms with Gasteiger partial charge in [0.1, 0.15) is 90.6 Å². The van der Waals surface area contributed by atoms with Gasteiger partial charge in [0.15, 0.2) is 17.9 Å². The highest BCUT2D eigenvalue weighted by Crippen LogP contribution is 2.25. The van der Waals surface area contributed by atoms with Gasteiger partial charge < -0.3 is 155 Å². The van der Waals surface area contributed by atoms with Crippen LogP contribution in [0.2, 0.25) is 0 Å². The van der Waals surface area contributed by atoms with E-state index in [1.54, 1.807) is 80.8 Å². The van der Waals surface area contributed by atoms with Crippen molar-refractivity contribution in [2.75, 3.05) is 77.5 Å². The van der Waals surface area contributed by atoms with Crippen molar-refractivity contribution < 1.29 is 96.5 Å². The lowest BCUT2D eigenvalue weighted by atomic mass is 10.0. The van der Waals surface area contributed by atoms with Gasteiger partial charge in [-0.05, 0) is 177 Å². The second kappa shape index (κ2) is 63.3. The maximum Gasteiger partial charge on any atom is 0.326 e. The number of unbranched alkanes of at least 4 members (excludes halogenated alkanes) is 2. The van der Waals surface area contributed by atoms with Gasteiger partial charge >= 0.3 is 5.97 Å². The van der Waals surface area contributed by atoms with Crippen LogP contribution in [0.4, 0.5) is 0 Å². The summed E-state index contributed by atoms with van der Waals surface area (Å²) in [5.74, 6) is -17.1. The molecule has 16 atom stereocenters. The molecule has 145 heavy (non-hydrogen) atoms. The molecule has 0 spiro atoms. The number of amides is 17. The zero-order valence-electron chi connectivity index (χ0n) is 82.7. The number of aliphatic hydroxyl groups is 1. The van der Waals surface area contributed by atoms with E-state index in [2.05, 4.69) is 95.0 Å². The Hall–Kier alpha value is -13.9. The van der Waals surface area contributed by atoms with E-state index < -0.39 is 247 Å². The van der Waals surface area contributed by atoms with Crippen molar-refractivity contribution in [2.45, 2.75) is 278 Å². The number of carbonyl (C=O) groups is 18. The van der Waals surface area contributed by atoms with Crippen LogP contribution < -0.4 is 125 Å². The predicted octanol–water partition coefficient (Wildman–Crippen LogP) is -7.12. The van der Waals surface area contributed by atoms with E-state index in [0.717, 1.165) is 4.90 Å². The first-order valence-corrected chi connectivity index (χ1v) is 50.5. The average Bonchev–Trinajstić information content (AvgIpc) is 1.69. The van der Waals surface area contributed by atoms with Crippen LogP contribution in [0, 0.1) is 22.1 Å². The number of H-pyrrole nitrogens is 1. The average molecular weight is 2050 g/mol. The summed E-state index contributed by atoms with van der Waals surface area (Å²) >= 11 is 1.40. The zero-order chi connectivity index (χ0) is 107. The molecule has 51 nitrogen and oxygen atoms in total. The smallest absolute Gasteiger partial charge is 0.326 e. The molecule has 4 heterocycles. The number of hydrogen-bond donors (Lipinski definition) is 29. The van der Waals surface area contributed by atoms with Crippen molar-refractivity contribution >= 4 is 136 Å². The van der Waals surface area contributed by atoms with Crippen LogP contribution >= 0.6 is 11.8 Å². The fourth-order valence-electron chi connectivity index (χ4n) is 16.8. The van der Waals surface area contributed by atoms with Crippen LogP contribution in [0.25, 0.3) is 0 Å². The molecular weight excluding hydrogens is 1900 g/mol. The molecule has 52 heteroatoms. The monoisotopic (exact) mass is 2050 g/mol. The third kappa shape index (κ3) is 41.8. The van der Waals surface area contributed by atoms with Crippen LogP contribution in [0.3, 0.4) is 0 Å². The molecule has 2 aromatic carbocycles. The Kier molecular flexibility index (Phi) is 52.3. The number of nitrogens with zero attached hydrogens (tertiary/aromatic N) is 4. The van der Waals surface area contributed by atoms with E-state index in [1.165, 1.54) is 41.0 Å². The van der Waals surface area contributed by atoms with Gasteiger partial charge in [0, 0.05) is 71.1 Å². The molecule has 802 valence electrons. The second-order valence-electron chi connectivity index (χ2n) is 36.4. The van der Waals surface area contributed by atoms with Crippen LogP contribution in [-0.2, 0) is 106 Å². The summed E-state index contributed by atoms with van der Waals surface area (Å²) in [4.78, 5) is 266. The Morgan fingerprint density at radius 1 is 0.434 bits per heavy atom. The molecule has 3 aromatic rings. The molecule has 0 aliphatic carbocycles. The van der Waals surface area contributed by atoms with Crippen molar-refractivity contribution in [3.63, 3.8) is 0 Å². The van der Waals surface area contributed by atoms with E-state index in [4.69, 9.17) is 56.4 Å². The number of carbonyl (C=O) groups excluding carboxylic acids is 17. The van der Waals surface area contributed by atoms with Gasteiger partial charge in [0.25, 0.3) is 0 Å². The number of imidazole rings is 1. The van der Waals surface area contributed by atoms with Gasteiger partial charge in [0.2, 0.25) is 100 Å². The molecule has 0 bridgehead atoms. The summed E-state index contributed by atoms with van der Waals surface area (Å²) in [7, 11) is 0. The number of carboxylic acids is 1. The summed E-state index contributed by atoms with van der Waals surface area (Å²) in [5.41, 5.74) is 41.5. The number of aromatic amines is 1. The first-order valence-electron chi connectivity index (χ1n) is 49.1. The number of aromatic nitrogens is 2. The Bertz CT molecular complexity index is 4820. The molecule has 0 radical (unpaired) electrons. The number of likely N-dealkylation sites (tertiary alicyclic amines) is 3. The third-order valence-electron chi connectivity index (χ3n) is 24.5. The van der Waals surface area contributed by atoms with Gasteiger partial charge in [-0.25, -0.2) is 9.78 Å². The first kappa shape index (κ1) is 120. The van der Waals surface area contributed by atoms with Crippen molar-refractivity contribution in [3.8, 4) is 0 Å². The third-order valence-corrected chi connectivity index (χ3v) is 25.2. The quantitative estimate of drug-likeness (QED) is 0.0142. The van der Waals surface area contributed by atoms with Gasteiger partial charge in [-0.3, -0.25) is 97.7 Å². The number of aliphatic hydroxyl groups excluding tert-OH is 1. The van der Waals surface area contributed by atoms with Crippen molar-refractivity contribution in [1.82, 2.24) is 110 Å². The summed E-state index contributed by atoms with van der Waals surface area (Å²) in [6.07, 6.45) is 6.16. The number of nitrogens with two attached hydrogens (primary N) is 7. The first-order chi connectivity index (χ1) is 69.2. The minimum absolute atomic E-state index is 0.00902. The molecule has 3 fully saturated rings. The van der Waals surface area contributed by atoms with E-state index in [0.29, 0.717) is 55.5 Å². The van der Waals surface area contributed by atoms with Crippen molar-refractivity contribution in [1.29, 1.82) is 16.2 Å². The Balaban J connectivity index is 1.15. The number of carboxylic acid groups (broad SMARTS) is 1. The molecule has 3 saturated heterocycles. The lowest BCUT2D eigenvalue weighted by molar-refractivity contribution is -0.145. The molecule has 0 unspecified atom stereocenters. The van der Waals surface area contributed by atoms with E-state index in [-0.39, 0.29) is 173 Å². The van der Waals surface area contributed by atoms with Gasteiger partial charge in [-0.15, -0.1) is 0 Å². The van der Waals surface area contributed by atoms with E-state index in [9.17, 15) is 91.7 Å². The van der Waals surface area contributed by atoms with E-state index in [1.807, 2.05) is 0 Å². The van der Waals surface area contributed by atoms with Gasteiger partial charge in [-0.2, -0.15) is 11.8 Å². The lowest BCUT2D eigenvalue weighted by Gasteiger charge is -2.31. The molecule has 6 rings (SSSR count). The van der Waals surface area contributed by atoms with E-state index >= 15 is 4.79 Å². The largest absolute Gasteiger partial charge is 0.480 e. The predicted molar refractivity (Wildman–Crippen MR) is 535 cm³/mol. The molecule has 0 saturated carbocycles. The fourth-order valence-corrected chi connectivity index (χ4v) is 17.3. The molecule has 36 N–H and O–H groups in total. The maximum atomic E-state index is 15.1. The number of aliphatic carboxylic acids is 1. The number of hydrogen-bond acceptors (Lipinski definition) is 27. The summed E-state index contributed by atoms with van der Waals surface area (Å²) in [6.45, 7) is 3.61. The highest BCUT2D eigenvalue weighted by molar-refractivity contribution is 7.98. The summed E-state index contributed by atoms with van der Waals surface area (Å²) < 4.78 is 0. The molecule has 3 aliphatic rings. The number of nitrogens with one attached hydrogen (secondary N) is 20. The Morgan fingerprint density at radius 3 is 1.30 bits per heavy atom. The standard InChI is InChI=1S/C93H149N31O20S/c1-53(2)45-65(81(134)121-69(51-125)84(137)119-67(48-57-49-104-52-109-57)83(136)112-59(26-12-14-37-95)77(130)108-50-74(127)122-41-18-30-70(122)85(138)116-64(35-44-145-4)89(142)124-43-20-32-72(124)87(140)120-68(90(143)144)47-56-23-9-6-10-24-56)118-79(132)61(28-16-39-106-92(100)101)114-86(139)71-31-19-42-123(71)88(141)63(29-17-40-107-93(102)103)115-80(133)62(33-34-73(97)126)111-75(128)54(3)110-78(131)60(27-15-38-105-91(98)99)113-82(135)66(46-55-21-7-5-8-22-55)117-76(129)58(96)25-11-13-36-94/h5-10,21-24,49,52-54,58-72,125H,11-20,25-48,50-51,94-96H2,1-4H3,(H2,97,126)(H,104,109)(H,108,130)(H,110,131)(H,111,128)(H,112,136)(H,113,135)(H,114,139)(H,115,133)(H,116,138)(H,117,129)(H,118,132)(H,119,137)(H,120,140)(H,121,134)(H,143,144)(H4,98,99,105)(H4,100,101,106)(H4,102,103,107)/t54-,58-,59-,60-,61-,62-,63-,64-,65-,66-,67-,68-,69-,70-,71-,72-/m0/s1. The molecule has 3 aliphatic heterocycles. The number of benzene rings is 2. The SMILES string of the molecule is CSCC[C@H](NC(=O)[C@@H]1CCCN1C(=O)CNC(=O)[C@H](CCCCN)NC(=O)[C@H](Cc1c[nH]cn1)NC(=O)[C@H](CO)NC(=O)[C@H](CC(C)C)NC(=O)[C@H](CCCNC(=N)N)NC(=O)[C@@H]1CCCN1C(=O)[C@H](CCCNC(=N)N)NC(=O)[C@H](CCC(N)=O)NC(=O)[C@H](C)NC(=O)[C@H](CCCNC(=N)N)NC(=O)[C@H](Cc1ccccc1)NC(=O)[C@@H](N)CCCCN)C(=O)N1CCC[C@H]1C(=O)N[C@@H](Cc1ccccc1)C(=O)O. The van der Waals surface area contributed by atoms with Crippen LogP contribution in [0.15, 0.2) is 73.2 Å². The van der Waals surface area contributed by atoms with Crippen LogP contribution in [-0.4, -0.2) is 333 Å². The maximum absolute atomic E-state index is 15.1.